The van der Waals surface area contributed by atoms with Crippen molar-refractivity contribution in [2.24, 2.45) is 5.41 Å². The van der Waals surface area contributed by atoms with Gasteiger partial charge in [-0.3, -0.25) is 18.8 Å². The van der Waals surface area contributed by atoms with Gasteiger partial charge in [0.1, 0.15) is 6.04 Å². The largest absolute Gasteiger partial charge is 0.379 e. The molecular weight excluding hydrogens is 468 g/mol. The molecule has 1 aromatic carbocycles. The lowest BCUT2D eigenvalue weighted by atomic mass is 9.70. The third kappa shape index (κ3) is 5.70. The van der Waals surface area contributed by atoms with E-state index in [0.29, 0.717) is 6.04 Å². The molecule has 0 radical (unpaired) electrons. The normalized spacial score (nSPS) is 27.3. The van der Waals surface area contributed by atoms with Crippen LogP contribution in [0.2, 0.25) is 0 Å². The first-order valence-corrected chi connectivity index (χ1v) is 13.7. The van der Waals surface area contributed by atoms with Gasteiger partial charge >= 0.3 is 0 Å². The number of benzene rings is 1. The maximum Gasteiger partial charge on any atom is 0.264 e. The number of hydrogen-bond acceptors (Lipinski definition) is 6. The topological polar surface area (TPSA) is 108 Å². The maximum atomic E-state index is 13.3. The Labute approximate surface area is 207 Å². The van der Waals surface area contributed by atoms with Gasteiger partial charge in [0.15, 0.2) is 0 Å². The van der Waals surface area contributed by atoms with Gasteiger partial charge in [-0.15, -0.1) is 0 Å². The number of morpholine rings is 1. The van der Waals surface area contributed by atoms with Crippen LogP contribution in [0.4, 0.5) is 0 Å². The Morgan fingerprint density at radius 2 is 1.86 bits per heavy atom. The van der Waals surface area contributed by atoms with Gasteiger partial charge in [0, 0.05) is 37.6 Å². The fourth-order valence-electron chi connectivity index (χ4n) is 5.32. The lowest BCUT2D eigenvalue weighted by Gasteiger charge is -2.47. The second-order valence-corrected chi connectivity index (χ2v) is 12.2. The summed E-state index contributed by atoms with van der Waals surface area (Å²) in [6.45, 7) is 9.59. The average Bonchev–Trinajstić information content (AvgIpc) is 2.82. The number of sulfonamides is 1. The minimum Gasteiger partial charge on any atom is -0.379 e. The van der Waals surface area contributed by atoms with Crippen molar-refractivity contribution in [1.82, 2.24) is 19.8 Å². The Hall–Kier alpha value is -2.43. The van der Waals surface area contributed by atoms with Crippen LogP contribution < -0.4 is 10.6 Å². The van der Waals surface area contributed by atoms with Gasteiger partial charge in [0.05, 0.1) is 24.5 Å². The molecule has 1 aliphatic carbocycles. The summed E-state index contributed by atoms with van der Waals surface area (Å²) in [4.78, 5) is 28.3. The average molecular weight is 505 g/mol. The molecule has 0 bridgehead atoms. The van der Waals surface area contributed by atoms with Crippen molar-refractivity contribution in [3.63, 3.8) is 0 Å². The lowest BCUT2D eigenvalue weighted by Crippen LogP contribution is -2.56. The molecule has 35 heavy (non-hydrogen) atoms. The number of amides is 2. The first kappa shape index (κ1) is 25.7. The van der Waals surface area contributed by atoms with E-state index in [1.807, 2.05) is 6.92 Å². The van der Waals surface area contributed by atoms with Crippen LogP contribution in [-0.4, -0.2) is 73.9 Å². The zero-order chi connectivity index (χ0) is 25.2. The van der Waals surface area contributed by atoms with E-state index in [-0.39, 0.29) is 28.7 Å². The summed E-state index contributed by atoms with van der Waals surface area (Å²) in [5.74, 6) is -0.846. The summed E-state index contributed by atoms with van der Waals surface area (Å²) >= 11 is 0. The van der Waals surface area contributed by atoms with Crippen LogP contribution in [0.5, 0.6) is 0 Å². The molecule has 3 aliphatic rings. The molecule has 2 heterocycles. The molecule has 0 aromatic heterocycles. The molecule has 2 N–H and O–H groups in total. The highest BCUT2D eigenvalue weighted by molar-refractivity contribution is 7.89. The molecule has 9 nitrogen and oxygen atoms in total. The summed E-state index contributed by atoms with van der Waals surface area (Å²) in [6, 6.07) is 5.70. The van der Waals surface area contributed by atoms with E-state index in [2.05, 4.69) is 29.4 Å². The third-order valence-electron chi connectivity index (χ3n) is 7.42. The van der Waals surface area contributed by atoms with Gasteiger partial charge in [0.2, 0.25) is 11.8 Å². The molecular formula is C25H36N4O5S. The fourth-order valence-corrected chi connectivity index (χ4v) is 6.77. The molecule has 4 rings (SSSR count). The number of carbonyl (C=O) groups excluding carboxylic acids is 2. The van der Waals surface area contributed by atoms with Gasteiger partial charge in [-0.2, -0.15) is 0 Å². The summed E-state index contributed by atoms with van der Waals surface area (Å²) < 4.78 is 33.0. The number of carbonyl (C=O) groups is 2. The second-order valence-electron chi connectivity index (χ2n) is 10.4. The maximum absolute atomic E-state index is 13.3. The Kier molecular flexibility index (Phi) is 7.54. The second kappa shape index (κ2) is 10.3. The zero-order valence-corrected chi connectivity index (χ0v) is 21.5. The standard InChI is InChI=1S/C25H36N4O5S/c1-18-4-7-20(8-5-18)35(32,33)29-11-10-26-24(31)21(29)16-23(30)27-22-9-6-19(17-25(22,2)3)28-12-14-34-15-13-28/h4-5,7-8,10-11,19,21-22H,6,9,12-17H2,1-3H3,(H,26,31)(H,27,30)/t19-,21-,22-/m1/s1. The van der Waals surface area contributed by atoms with Gasteiger partial charge in [-0.1, -0.05) is 31.5 Å². The number of nitrogens with one attached hydrogen (secondary N) is 2. The number of ether oxygens (including phenoxy) is 1. The number of rotatable bonds is 6. The van der Waals surface area contributed by atoms with Gasteiger partial charge < -0.3 is 15.4 Å². The quantitative estimate of drug-likeness (QED) is 0.611. The van der Waals surface area contributed by atoms with E-state index in [4.69, 9.17) is 4.74 Å². The highest BCUT2D eigenvalue weighted by Crippen LogP contribution is 2.38. The third-order valence-corrected chi connectivity index (χ3v) is 9.22. The predicted octanol–water partition coefficient (Wildman–Crippen LogP) is 1.74. The smallest absolute Gasteiger partial charge is 0.264 e. The molecule has 2 amide bonds. The Balaban J connectivity index is 1.42. The van der Waals surface area contributed by atoms with Crippen molar-refractivity contribution < 1.29 is 22.7 Å². The molecule has 10 heteroatoms. The summed E-state index contributed by atoms with van der Waals surface area (Å²) in [5, 5.41) is 5.65. The van der Waals surface area contributed by atoms with Crippen LogP contribution in [0.1, 0.15) is 45.1 Å². The molecule has 0 spiro atoms. The van der Waals surface area contributed by atoms with E-state index in [1.54, 1.807) is 12.1 Å². The molecule has 3 atom stereocenters. The van der Waals surface area contributed by atoms with Crippen molar-refractivity contribution in [1.29, 1.82) is 0 Å². The van der Waals surface area contributed by atoms with Crippen LogP contribution in [0.3, 0.4) is 0 Å². The first-order valence-electron chi connectivity index (χ1n) is 12.3. The minimum atomic E-state index is -3.99. The van der Waals surface area contributed by atoms with Crippen LogP contribution >= 0.6 is 0 Å². The van der Waals surface area contributed by atoms with E-state index in [0.717, 1.165) is 55.4 Å². The number of hydrogen-bond donors (Lipinski definition) is 2. The van der Waals surface area contributed by atoms with E-state index < -0.39 is 22.0 Å². The van der Waals surface area contributed by atoms with Gasteiger partial charge in [-0.25, -0.2) is 8.42 Å². The molecule has 1 saturated carbocycles. The Morgan fingerprint density at radius 3 is 2.51 bits per heavy atom. The van der Waals surface area contributed by atoms with E-state index in [9.17, 15) is 18.0 Å². The molecule has 2 fully saturated rings. The molecule has 0 unspecified atom stereocenters. The highest BCUT2D eigenvalue weighted by atomic mass is 32.2. The van der Waals surface area contributed by atoms with Crippen molar-refractivity contribution in [3.8, 4) is 0 Å². The van der Waals surface area contributed by atoms with Crippen LogP contribution in [-0.2, 0) is 24.3 Å². The van der Waals surface area contributed by atoms with Crippen molar-refractivity contribution >= 4 is 21.8 Å². The summed E-state index contributed by atoms with van der Waals surface area (Å²) in [7, 11) is -3.99. The van der Waals surface area contributed by atoms with Crippen molar-refractivity contribution in [2.75, 3.05) is 26.3 Å². The van der Waals surface area contributed by atoms with Gasteiger partial charge in [0.25, 0.3) is 10.0 Å². The molecule has 1 aromatic rings. The predicted molar refractivity (Wildman–Crippen MR) is 132 cm³/mol. The molecule has 192 valence electrons. The van der Waals surface area contributed by atoms with Crippen LogP contribution in [0.15, 0.2) is 41.6 Å². The van der Waals surface area contributed by atoms with Crippen molar-refractivity contribution in [3.05, 3.63) is 42.2 Å². The monoisotopic (exact) mass is 504 g/mol. The minimum absolute atomic E-state index is 0.0448. The van der Waals surface area contributed by atoms with E-state index >= 15 is 0 Å². The summed E-state index contributed by atoms with van der Waals surface area (Å²) in [5.41, 5.74) is 0.803. The first-order chi connectivity index (χ1) is 16.6. The van der Waals surface area contributed by atoms with Crippen LogP contribution in [0, 0.1) is 12.3 Å². The fraction of sp³-hybridized carbons (Fsp3) is 0.600. The Morgan fingerprint density at radius 1 is 1.17 bits per heavy atom. The number of aryl methyl sites for hydroxylation is 1. The van der Waals surface area contributed by atoms with E-state index in [1.165, 1.54) is 24.5 Å². The van der Waals surface area contributed by atoms with Gasteiger partial charge in [-0.05, 0) is 43.7 Å². The summed E-state index contributed by atoms with van der Waals surface area (Å²) in [6.07, 6.45) is 5.13. The zero-order valence-electron chi connectivity index (χ0n) is 20.7. The SMILES string of the molecule is Cc1ccc(S(=O)(=O)N2C=CNC(=O)[C@H]2CC(=O)N[C@@H]2CC[C@@H](N3CCOCC3)CC2(C)C)cc1. The lowest BCUT2D eigenvalue weighted by molar-refractivity contribution is -0.130. The van der Waals surface area contributed by atoms with Crippen LogP contribution in [0.25, 0.3) is 0 Å². The van der Waals surface area contributed by atoms with Crippen molar-refractivity contribution in [2.45, 2.75) is 69.5 Å². The Bertz CT molecular complexity index is 1060. The highest BCUT2D eigenvalue weighted by Gasteiger charge is 2.41. The number of nitrogens with zero attached hydrogens (tertiary/aromatic N) is 2. The molecule has 1 saturated heterocycles. The molecule has 2 aliphatic heterocycles.